The van der Waals surface area contributed by atoms with Crippen molar-refractivity contribution in [1.29, 1.82) is 0 Å². The quantitative estimate of drug-likeness (QED) is 0.788. The van der Waals surface area contributed by atoms with Gasteiger partial charge in [-0.2, -0.15) is 0 Å². The minimum atomic E-state index is -0.329. The van der Waals surface area contributed by atoms with E-state index in [9.17, 15) is 4.79 Å². The van der Waals surface area contributed by atoms with Gasteiger partial charge in [0.15, 0.2) is 0 Å². The van der Waals surface area contributed by atoms with Crippen LogP contribution >= 0.6 is 0 Å². The van der Waals surface area contributed by atoms with Crippen LogP contribution in [0.3, 0.4) is 0 Å². The normalized spacial score (nSPS) is 15.5. The van der Waals surface area contributed by atoms with Crippen molar-refractivity contribution < 1.29 is 9.53 Å². The minimum Gasteiger partial charge on any atom is -0.389 e. The highest BCUT2D eigenvalue weighted by Crippen LogP contribution is 2.15. The second-order valence-electron chi connectivity index (χ2n) is 4.61. The molecule has 19 heavy (non-hydrogen) atoms. The molecule has 1 saturated heterocycles. The zero-order valence-corrected chi connectivity index (χ0v) is 10.6. The Kier molecular flexibility index (Phi) is 3.27. The number of nitrogens with zero attached hydrogens (tertiary/aromatic N) is 3. The van der Waals surface area contributed by atoms with Crippen molar-refractivity contribution in [2.45, 2.75) is 19.3 Å². The highest BCUT2D eigenvalue weighted by molar-refractivity contribution is 5.75. The van der Waals surface area contributed by atoms with Gasteiger partial charge in [0.05, 0.1) is 17.2 Å². The van der Waals surface area contributed by atoms with Crippen LogP contribution in [0.5, 0.6) is 5.88 Å². The number of ether oxygens (including phenoxy) is 1. The zero-order valence-electron chi connectivity index (χ0n) is 10.6. The summed E-state index contributed by atoms with van der Waals surface area (Å²) < 4.78 is 5.28. The van der Waals surface area contributed by atoms with Gasteiger partial charge in [-0.25, -0.2) is 14.8 Å². The van der Waals surface area contributed by atoms with Gasteiger partial charge < -0.3 is 9.64 Å². The van der Waals surface area contributed by atoms with Crippen molar-refractivity contribution >= 4 is 17.1 Å². The summed E-state index contributed by atoms with van der Waals surface area (Å²) >= 11 is 0. The molecule has 5 heteroatoms. The molecular weight excluding hydrogens is 242 g/mol. The number of fused-ring (bicyclic) bond motifs is 1. The van der Waals surface area contributed by atoms with Crippen molar-refractivity contribution in [3.05, 3.63) is 30.5 Å². The fraction of sp³-hybridized carbons (Fsp3) is 0.357. The van der Waals surface area contributed by atoms with E-state index in [1.165, 1.54) is 12.6 Å². The predicted molar refractivity (Wildman–Crippen MR) is 71.0 cm³/mol. The molecule has 98 valence electrons. The number of carbonyl (C=O) groups is 1. The van der Waals surface area contributed by atoms with Crippen LogP contribution in [0, 0.1) is 0 Å². The third-order valence-electron chi connectivity index (χ3n) is 3.23. The van der Waals surface area contributed by atoms with Crippen LogP contribution in [-0.4, -0.2) is 34.1 Å². The first-order valence-corrected chi connectivity index (χ1v) is 6.51. The predicted octanol–water partition coefficient (Wildman–Crippen LogP) is 2.61. The summed E-state index contributed by atoms with van der Waals surface area (Å²) in [5.41, 5.74) is 1.52. The molecule has 1 aliphatic rings. The van der Waals surface area contributed by atoms with Crippen LogP contribution in [-0.2, 0) is 0 Å². The summed E-state index contributed by atoms with van der Waals surface area (Å²) in [5.74, 6) is 0.259. The fourth-order valence-electron chi connectivity index (χ4n) is 2.22. The number of hydrogen-bond donors (Lipinski definition) is 0. The molecule has 0 atom stereocenters. The molecule has 3 rings (SSSR count). The molecular formula is C14H15N3O2. The zero-order chi connectivity index (χ0) is 13.1. The van der Waals surface area contributed by atoms with Gasteiger partial charge in [0.25, 0.3) is 0 Å². The summed E-state index contributed by atoms with van der Waals surface area (Å²) in [6, 6.07) is 7.50. The molecule has 5 nitrogen and oxygen atoms in total. The van der Waals surface area contributed by atoms with E-state index in [0.29, 0.717) is 0 Å². The third kappa shape index (κ3) is 2.65. The Bertz CT molecular complexity index is 594. The van der Waals surface area contributed by atoms with Crippen LogP contribution < -0.4 is 4.74 Å². The van der Waals surface area contributed by atoms with Crippen LogP contribution in [0.15, 0.2) is 30.5 Å². The maximum atomic E-state index is 11.9. The van der Waals surface area contributed by atoms with E-state index < -0.39 is 0 Å². The van der Waals surface area contributed by atoms with Crippen molar-refractivity contribution in [1.82, 2.24) is 14.9 Å². The third-order valence-corrected chi connectivity index (χ3v) is 3.23. The molecule has 0 bridgehead atoms. The molecule has 1 aromatic heterocycles. The Hall–Kier alpha value is -2.17. The highest BCUT2D eigenvalue weighted by Gasteiger charge is 2.18. The second kappa shape index (κ2) is 5.22. The summed E-state index contributed by atoms with van der Waals surface area (Å²) in [6.45, 7) is 1.53. The molecule has 2 heterocycles. The lowest BCUT2D eigenvalue weighted by Gasteiger charge is -2.25. The number of benzene rings is 1. The number of likely N-dealkylation sites (tertiary alicyclic amines) is 1. The molecule has 0 aliphatic carbocycles. The van der Waals surface area contributed by atoms with Gasteiger partial charge in [0.2, 0.25) is 5.88 Å². The van der Waals surface area contributed by atoms with Gasteiger partial charge >= 0.3 is 6.09 Å². The monoisotopic (exact) mass is 257 g/mol. The molecule has 0 unspecified atom stereocenters. The number of carbonyl (C=O) groups excluding carboxylic acids is 1. The molecule has 1 fully saturated rings. The van der Waals surface area contributed by atoms with E-state index in [1.54, 1.807) is 4.90 Å². The standard InChI is InChI=1S/C14H15N3O2/c18-14(17-8-4-1-5-9-17)19-13-10-15-11-6-2-3-7-12(11)16-13/h2-3,6-7,10H,1,4-5,8-9H2. The summed E-state index contributed by atoms with van der Waals surface area (Å²) in [6.07, 6.45) is 4.42. The van der Waals surface area contributed by atoms with Gasteiger partial charge in [-0.15, -0.1) is 0 Å². The van der Waals surface area contributed by atoms with E-state index in [0.717, 1.165) is 37.0 Å². The molecule has 1 aromatic carbocycles. The molecule has 0 radical (unpaired) electrons. The number of piperidine rings is 1. The first-order valence-electron chi connectivity index (χ1n) is 6.51. The average molecular weight is 257 g/mol. The van der Waals surface area contributed by atoms with Gasteiger partial charge in [0.1, 0.15) is 0 Å². The number of hydrogen-bond acceptors (Lipinski definition) is 4. The number of para-hydroxylation sites is 2. The fourth-order valence-corrected chi connectivity index (χ4v) is 2.22. The molecule has 0 saturated carbocycles. The summed E-state index contributed by atoms with van der Waals surface area (Å²) in [4.78, 5) is 22.2. The Balaban J connectivity index is 1.75. The van der Waals surface area contributed by atoms with Crippen molar-refractivity contribution in [3.8, 4) is 5.88 Å². The number of amides is 1. The maximum Gasteiger partial charge on any atom is 0.416 e. The number of aromatic nitrogens is 2. The van der Waals surface area contributed by atoms with Crippen LogP contribution in [0.1, 0.15) is 19.3 Å². The molecule has 2 aromatic rings. The van der Waals surface area contributed by atoms with Gasteiger partial charge in [0, 0.05) is 13.1 Å². The lowest BCUT2D eigenvalue weighted by atomic mass is 10.1. The van der Waals surface area contributed by atoms with E-state index >= 15 is 0 Å². The Labute approximate surface area is 111 Å². The summed E-state index contributed by atoms with van der Waals surface area (Å²) in [5, 5.41) is 0. The Morgan fingerprint density at radius 2 is 1.84 bits per heavy atom. The van der Waals surface area contributed by atoms with Crippen LogP contribution in [0.25, 0.3) is 11.0 Å². The van der Waals surface area contributed by atoms with E-state index in [2.05, 4.69) is 9.97 Å². The highest BCUT2D eigenvalue weighted by atomic mass is 16.6. The second-order valence-corrected chi connectivity index (χ2v) is 4.61. The largest absolute Gasteiger partial charge is 0.416 e. The van der Waals surface area contributed by atoms with Crippen LogP contribution in [0.4, 0.5) is 4.79 Å². The molecule has 0 spiro atoms. The first-order chi connectivity index (χ1) is 9.33. The summed E-state index contributed by atoms with van der Waals surface area (Å²) in [7, 11) is 0. The molecule has 0 N–H and O–H groups in total. The van der Waals surface area contributed by atoms with Crippen LogP contribution in [0.2, 0.25) is 0 Å². The van der Waals surface area contributed by atoms with Crippen molar-refractivity contribution in [3.63, 3.8) is 0 Å². The SMILES string of the molecule is O=C(Oc1cnc2ccccc2n1)N1CCCCC1. The topological polar surface area (TPSA) is 55.3 Å². The van der Waals surface area contributed by atoms with Gasteiger partial charge in [-0.1, -0.05) is 12.1 Å². The van der Waals surface area contributed by atoms with Gasteiger partial charge in [-0.3, -0.25) is 0 Å². The van der Waals surface area contributed by atoms with Gasteiger partial charge in [-0.05, 0) is 31.4 Å². The lowest BCUT2D eigenvalue weighted by Crippen LogP contribution is -2.37. The molecule has 1 aliphatic heterocycles. The van der Waals surface area contributed by atoms with Crippen molar-refractivity contribution in [2.24, 2.45) is 0 Å². The Morgan fingerprint density at radius 3 is 2.63 bits per heavy atom. The molecule has 1 amide bonds. The average Bonchev–Trinajstić information content (AvgIpc) is 2.48. The smallest absolute Gasteiger partial charge is 0.389 e. The van der Waals surface area contributed by atoms with E-state index in [4.69, 9.17) is 4.74 Å². The lowest BCUT2D eigenvalue weighted by molar-refractivity contribution is 0.141. The maximum absolute atomic E-state index is 11.9. The minimum absolute atomic E-state index is 0.259. The van der Waals surface area contributed by atoms with Crippen molar-refractivity contribution in [2.75, 3.05) is 13.1 Å². The van der Waals surface area contributed by atoms with E-state index in [-0.39, 0.29) is 12.0 Å². The Morgan fingerprint density at radius 1 is 1.11 bits per heavy atom. The number of rotatable bonds is 1. The first kappa shape index (κ1) is 11.9. The van der Waals surface area contributed by atoms with E-state index in [1.807, 2.05) is 24.3 Å².